The van der Waals surface area contributed by atoms with Crippen molar-refractivity contribution in [3.8, 4) is 5.75 Å². The van der Waals surface area contributed by atoms with Gasteiger partial charge in [0, 0.05) is 5.56 Å². The van der Waals surface area contributed by atoms with Crippen molar-refractivity contribution in [2.75, 3.05) is 0 Å². The van der Waals surface area contributed by atoms with E-state index in [1.54, 1.807) is 6.08 Å². The number of rotatable bonds is 3. The first-order valence-electron chi connectivity index (χ1n) is 3.76. The summed E-state index contributed by atoms with van der Waals surface area (Å²) < 4.78 is 5.48. The Morgan fingerprint density at radius 1 is 1.50 bits per heavy atom. The molecule has 2 heteroatoms. The number of para-hydroxylation sites is 1. The summed E-state index contributed by atoms with van der Waals surface area (Å²) in [6, 6.07) is 7.80. The average Bonchev–Trinajstić information content (AvgIpc) is 2.04. The Morgan fingerprint density at radius 3 is 2.75 bits per heavy atom. The zero-order valence-corrected chi connectivity index (χ0v) is 8.54. The predicted octanol–water partition coefficient (Wildman–Crippen LogP) is 3.45. The van der Waals surface area contributed by atoms with Crippen LogP contribution in [0.25, 0.3) is 6.08 Å². The van der Waals surface area contributed by atoms with Crippen molar-refractivity contribution in [2.45, 2.75) is 11.9 Å². The van der Waals surface area contributed by atoms with Gasteiger partial charge in [0.25, 0.3) is 0 Å². The molecule has 1 rings (SSSR count). The molecule has 0 aliphatic rings. The maximum absolute atomic E-state index is 5.48. The molecule has 64 valence electrons. The van der Waals surface area contributed by atoms with Crippen LogP contribution in [0.15, 0.2) is 30.8 Å². The lowest BCUT2D eigenvalue weighted by atomic mass is 10.2. The highest BCUT2D eigenvalue weighted by atomic mass is 79.9. The van der Waals surface area contributed by atoms with Gasteiger partial charge in [0.1, 0.15) is 5.75 Å². The van der Waals surface area contributed by atoms with Crippen LogP contribution in [0.1, 0.15) is 12.5 Å². The molecule has 0 amide bonds. The zero-order valence-electron chi connectivity index (χ0n) is 6.96. The number of halogens is 1. The molecule has 0 spiro atoms. The summed E-state index contributed by atoms with van der Waals surface area (Å²) in [5, 5.41) is 0.0265. The largest absolute Gasteiger partial charge is 0.479 e. The van der Waals surface area contributed by atoms with E-state index in [0.29, 0.717) is 0 Å². The molecule has 1 aromatic rings. The van der Waals surface area contributed by atoms with Gasteiger partial charge < -0.3 is 4.74 Å². The van der Waals surface area contributed by atoms with E-state index in [1.165, 1.54) is 0 Å². The summed E-state index contributed by atoms with van der Waals surface area (Å²) in [4.78, 5) is 0. The normalized spacial score (nSPS) is 12.2. The Labute approximate surface area is 81.2 Å². The molecule has 0 aliphatic carbocycles. The van der Waals surface area contributed by atoms with Crippen molar-refractivity contribution in [2.24, 2.45) is 0 Å². The number of hydrogen-bond donors (Lipinski definition) is 0. The number of alkyl halides is 1. The van der Waals surface area contributed by atoms with Gasteiger partial charge in [-0.2, -0.15) is 0 Å². The van der Waals surface area contributed by atoms with Gasteiger partial charge in [-0.15, -0.1) is 0 Å². The summed E-state index contributed by atoms with van der Waals surface area (Å²) in [6.07, 6.45) is 1.78. The van der Waals surface area contributed by atoms with Crippen molar-refractivity contribution in [1.82, 2.24) is 0 Å². The SMILES string of the molecule is C=Cc1ccccc1OC(C)Br. The van der Waals surface area contributed by atoms with Crippen LogP contribution in [-0.4, -0.2) is 5.01 Å². The molecule has 1 atom stereocenters. The van der Waals surface area contributed by atoms with Gasteiger partial charge in [-0.25, -0.2) is 0 Å². The van der Waals surface area contributed by atoms with Gasteiger partial charge in [0.05, 0.1) is 0 Å². The maximum Gasteiger partial charge on any atom is 0.150 e. The van der Waals surface area contributed by atoms with Crippen molar-refractivity contribution < 1.29 is 4.74 Å². The molecule has 0 radical (unpaired) electrons. The van der Waals surface area contributed by atoms with Gasteiger partial charge in [-0.3, -0.25) is 0 Å². The molecule has 0 heterocycles. The van der Waals surface area contributed by atoms with E-state index in [1.807, 2.05) is 31.2 Å². The van der Waals surface area contributed by atoms with E-state index in [0.717, 1.165) is 11.3 Å². The quantitative estimate of drug-likeness (QED) is 0.718. The van der Waals surface area contributed by atoms with Gasteiger partial charge in [-0.05, 0) is 28.9 Å². The van der Waals surface area contributed by atoms with Crippen LogP contribution in [0, 0.1) is 0 Å². The zero-order chi connectivity index (χ0) is 8.97. The van der Waals surface area contributed by atoms with Gasteiger partial charge in [0.15, 0.2) is 5.01 Å². The lowest BCUT2D eigenvalue weighted by Gasteiger charge is -2.10. The molecule has 0 fully saturated rings. The first-order chi connectivity index (χ1) is 5.74. The summed E-state index contributed by atoms with van der Waals surface area (Å²) in [6.45, 7) is 5.63. The Hall–Kier alpha value is -0.760. The molecular weight excluding hydrogens is 216 g/mol. The molecule has 1 nitrogen and oxygen atoms in total. The minimum Gasteiger partial charge on any atom is -0.479 e. The average molecular weight is 227 g/mol. The fourth-order valence-corrected chi connectivity index (χ4v) is 1.13. The number of benzene rings is 1. The summed E-state index contributed by atoms with van der Waals surface area (Å²) >= 11 is 3.32. The standard InChI is InChI=1S/C10H11BrO/c1-3-9-6-4-5-7-10(9)12-8(2)11/h3-8H,1H2,2H3. The molecule has 0 saturated heterocycles. The summed E-state index contributed by atoms with van der Waals surface area (Å²) in [5.41, 5.74) is 1.02. The first-order valence-corrected chi connectivity index (χ1v) is 4.68. The van der Waals surface area contributed by atoms with E-state index < -0.39 is 0 Å². The molecule has 0 aromatic heterocycles. The fraction of sp³-hybridized carbons (Fsp3) is 0.200. The minimum atomic E-state index is 0.0265. The van der Waals surface area contributed by atoms with Crippen LogP contribution in [0.4, 0.5) is 0 Å². The van der Waals surface area contributed by atoms with Gasteiger partial charge >= 0.3 is 0 Å². The lowest BCUT2D eigenvalue weighted by Crippen LogP contribution is -2.02. The molecule has 1 aromatic carbocycles. The highest BCUT2D eigenvalue weighted by Crippen LogP contribution is 2.21. The molecule has 0 saturated carbocycles. The molecule has 0 aliphatic heterocycles. The second kappa shape index (κ2) is 4.31. The molecule has 0 bridgehead atoms. The monoisotopic (exact) mass is 226 g/mol. The second-order valence-electron chi connectivity index (χ2n) is 2.40. The van der Waals surface area contributed by atoms with Crippen molar-refractivity contribution in [3.63, 3.8) is 0 Å². The second-order valence-corrected chi connectivity index (χ2v) is 3.69. The van der Waals surface area contributed by atoms with E-state index >= 15 is 0 Å². The van der Waals surface area contributed by atoms with Crippen molar-refractivity contribution >= 4 is 22.0 Å². The number of ether oxygens (including phenoxy) is 1. The Kier molecular flexibility index (Phi) is 3.35. The molecule has 12 heavy (non-hydrogen) atoms. The predicted molar refractivity (Wildman–Crippen MR) is 55.6 cm³/mol. The van der Waals surface area contributed by atoms with Gasteiger partial charge in [0.2, 0.25) is 0 Å². The van der Waals surface area contributed by atoms with Crippen molar-refractivity contribution in [3.05, 3.63) is 36.4 Å². The Bertz CT molecular complexity index is 268. The minimum absolute atomic E-state index is 0.0265. The van der Waals surface area contributed by atoms with E-state index in [4.69, 9.17) is 4.74 Å². The highest BCUT2D eigenvalue weighted by molar-refractivity contribution is 9.09. The van der Waals surface area contributed by atoms with E-state index in [9.17, 15) is 0 Å². The van der Waals surface area contributed by atoms with Crippen LogP contribution < -0.4 is 4.74 Å². The molecule has 1 unspecified atom stereocenters. The third-order valence-corrected chi connectivity index (χ3v) is 1.62. The third kappa shape index (κ3) is 2.38. The van der Waals surface area contributed by atoms with Crippen LogP contribution >= 0.6 is 15.9 Å². The Balaban J connectivity index is 2.89. The van der Waals surface area contributed by atoms with Crippen LogP contribution in [0.3, 0.4) is 0 Å². The molecule has 0 N–H and O–H groups in total. The number of hydrogen-bond acceptors (Lipinski definition) is 1. The van der Waals surface area contributed by atoms with E-state index in [-0.39, 0.29) is 5.01 Å². The lowest BCUT2D eigenvalue weighted by molar-refractivity contribution is 0.313. The maximum atomic E-state index is 5.48. The van der Waals surface area contributed by atoms with Crippen molar-refractivity contribution in [1.29, 1.82) is 0 Å². The van der Waals surface area contributed by atoms with Crippen LogP contribution in [0.2, 0.25) is 0 Å². The fourth-order valence-electron chi connectivity index (χ4n) is 0.931. The topological polar surface area (TPSA) is 9.23 Å². The summed E-state index contributed by atoms with van der Waals surface area (Å²) in [5.74, 6) is 0.858. The van der Waals surface area contributed by atoms with Gasteiger partial charge in [-0.1, -0.05) is 30.9 Å². The highest BCUT2D eigenvalue weighted by Gasteiger charge is 2.01. The van der Waals surface area contributed by atoms with Crippen LogP contribution in [0.5, 0.6) is 5.75 Å². The Morgan fingerprint density at radius 2 is 2.17 bits per heavy atom. The molecular formula is C10H11BrO. The third-order valence-electron chi connectivity index (χ3n) is 1.43. The first kappa shape index (κ1) is 9.33. The van der Waals surface area contributed by atoms with Crippen LogP contribution in [-0.2, 0) is 0 Å². The summed E-state index contributed by atoms with van der Waals surface area (Å²) in [7, 11) is 0. The van der Waals surface area contributed by atoms with E-state index in [2.05, 4.69) is 22.5 Å². The smallest absolute Gasteiger partial charge is 0.150 e.